The quantitative estimate of drug-likeness (QED) is 0.490. The van der Waals surface area contributed by atoms with E-state index < -0.39 is 23.2 Å². The number of hydrogen-bond donors (Lipinski definition) is 1. The summed E-state index contributed by atoms with van der Waals surface area (Å²) < 4.78 is 5.48. The second kappa shape index (κ2) is 9.17. The van der Waals surface area contributed by atoms with Gasteiger partial charge >= 0.3 is 12.1 Å². The van der Waals surface area contributed by atoms with Crippen molar-refractivity contribution in [1.82, 2.24) is 14.9 Å². The molecule has 35 heavy (non-hydrogen) atoms. The Morgan fingerprint density at radius 3 is 2.40 bits per heavy atom. The predicted octanol–water partition coefficient (Wildman–Crippen LogP) is 5.50. The summed E-state index contributed by atoms with van der Waals surface area (Å²) in [6.07, 6.45) is 0.764. The van der Waals surface area contributed by atoms with Gasteiger partial charge in [-0.15, -0.1) is 0 Å². The molecule has 8 nitrogen and oxygen atoms in total. The zero-order valence-electron chi connectivity index (χ0n) is 19.9. The lowest BCUT2D eigenvalue weighted by atomic mass is 9.96. The van der Waals surface area contributed by atoms with Crippen LogP contribution < -0.4 is 4.90 Å². The Balaban J connectivity index is 1.74. The van der Waals surface area contributed by atoms with Crippen molar-refractivity contribution in [3.05, 3.63) is 52.8 Å². The number of ether oxygens (including phenoxy) is 1. The van der Waals surface area contributed by atoms with Gasteiger partial charge in [-0.3, -0.25) is 4.90 Å². The van der Waals surface area contributed by atoms with Gasteiger partial charge in [0.1, 0.15) is 17.7 Å². The van der Waals surface area contributed by atoms with E-state index in [1.165, 1.54) is 18.2 Å². The lowest BCUT2D eigenvalue weighted by molar-refractivity contribution is -0.150. The van der Waals surface area contributed by atoms with Crippen LogP contribution >= 0.6 is 23.2 Å². The highest BCUT2D eigenvalue weighted by atomic mass is 35.5. The molecule has 1 aliphatic heterocycles. The summed E-state index contributed by atoms with van der Waals surface area (Å²) in [6, 6.07) is 11.0. The summed E-state index contributed by atoms with van der Waals surface area (Å²) in [5.41, 5.74) is 0.0164. The summed E-state index contributed by atoms with van der Waals surface area (Å²) >= 11 is 12.6. The van der Waals surface area contributed by atoms with Gasteiger partial charge < -0.3 is 14.7 Å². The van der Waals surface area contributed by atoms with Crippen LogP contribution in [0.15, 0.2) is 42.7 Å². The minimum absolute atomic E-state index is 0.0204. The molecule has 1 fully saturated rings. The number of carbonyl (C=O) groups is 2. The molecule has 1 atom stereocenters. The maximum absolute atomic E-state index is 12.8. The van der Waals surface area contributed by atoms with Crippen molar-refractivity contribution >= 4 is 52.0 Å². The van der Waals surface area contributed by atoms with Gasteiger partial charge in [-0.25, -0.2) is 19.6 Å². The van der Waals surface area contributed by atoms with Crippen molar-refractivity contribution in [2.75, 3.05) is 24.5 Å². The molecule has 0 radical (unpaired) electrons. The number of aliphatic carboxylic acids is 1. The normalized spacial score (nSPS) is 18.6. The van der Waals surface area contributed by atoms with E-state index >= 15 is 0 Å². The molecule has 3 aromatic rings. The number of aromatic nitrogens is 2. The Kier molecular flexibility index (Phi) is 6.55. The molecule has 0 spiro atoms. The van der Waals surface area contributed by atoms with Gasteiger partial charge in [0.05, 0.1) is 17.1 Å². The van der Waals surface area contributed by atoms with Crippen LogP contribution in [0.5, 0.6) is 0 Å². The number of nitrogens with zero attached hydrogens (tertiary/aromatic N) is 4. The van der Waals surface area contributed by atoms with E-state index in [0.29, 0.717) is 27.9 Å². The first-order valence-electron chi connectivity index (χ1n) is 11.1. The molecule has 1 amide bonds. The third-order valence-electron chi connectivity index (χ3n) is 5.92. The zero-order valence-corrected chi connectivity index (χ0v) is 21.4. The molecule has 4 rings (SSSR count). The van der Waals surface area contributed by atoms with Gasteiger partial charge in [0.2, 0.25) is 0 Å². The summed E-state index contributed by atoms with van der Waals surface area (Å²) in [7, 11) is 0. The van der Waals surface area contributed by atoms with E-state index in [1.807, 2.05) is 23.1 Å². The molecule has 184 valence electrons. The second-order valence-electron chi connectivity index (χ2n) is 9.69. The van der Waals surface area contributed by atoms with Crippen molar-refractivity contribution in [2.24, 2.45) is 0 Å². The zero-order chi connectivity index (χ0) is 25.5. The number of carboxylic acids is 1. The number of carboxylic acid groups (broad SMARTS) is 1. The van der Waals surface area contributed by atoms with Gasteiger partial charge in [-0.05, 0) is 57.5 Å². The molecule has 0 saturated carbocycles. The number of fused-ring (bicyclic) bond motifs is 1. The smallest absolute Gasteiger partial charge is 0.411 e. The monoisotopic (exact) mass is 516 g/mol. The van der Waals surface area contributed by atoms with Crippen molar-refractivity contribution in [3.63, 3.8) is 0 Å². The second-order valence-corrected chi connectivity index (χ2v) is 10.5. The third-order valence-corrected chi connectivity index (χ3v) is 6.49. The Morgan fingerprint density at radius 1 is 1.09 bits per heavy atom. The lowest BCUT2D eigenvalue weighted by Gasteiger charge is -2.46. The van der Waals surface area contributed by atoms with Crippen LogP contribution in [0, 0.1) is 0 Å². The minimum atomic E-state index is -1.52. The number of benzene rings is 2. The molecule has 1 aromatic heterocycles. The molecule has 1 N–H and O–H groups in total. The number of halogens is 2. The summed E-state index contributed by atoms with van der Waals surface area (Å²) in [4.78, 5) is 37.2. The molecule has 10 heteroatoms. The predicted molar refractivity (Wildman–Crippen MR) is 136 cm³/mol. The number of rotatable bonds is 3. The minimum Gasteiger partial charge on any atom is -0.479 e. The Bertz CT molecular complexity index is 1290. The highest BCUT2D eigenvalue weighted by Gasteiger charge is 2.48. The molecule has 2 heterocycles. The Labute approximate surface area is 213 Å². The molecular formula is C25H26Cl2N4O4. The van der Waals surface area contributed by atoms with Crippen molar-refractivity contribution in [3.8, 4) is 11.1 Å². The first-order valence-corrected chi connectivity index (χ1v) is 11.8. The summed E-state index contributed by atoms with van der Waals surface area (Å²) in [5.74, 6) is -0.561. The van der Waals surface area contributed by atoms with Crippen molar-refractivity contribution in [2.45, 2.75) is 38.8 Å². The first-order chi connectivity index (χ1) is 16.4. The van der Waals surface area contributed by atoms with Crippen LogP contribution in [0.3, 0.4) is 0 Å². The van der Waals surface area contributed by atoms with Crippen LogP contribution in [0.2, 0.25) is 10.0 Å². The third kappa shape index (κ3) is 4.99. The van der Waals surface area contributed by atoms with Gasteiger partial charge in [0.25, 0.3) is 0 Å². The number of amides is 1. The van der Waals surface area contributed by atoms with E-state index in [4.69, 9.17) is 27.9 Å². The SMILES string of the molecule is CC(C)(C)OC(=O)N1CCN(c2ncnc3cc(Cl)c(-c4ccc(Cl)cc4)cc23)C[C@@]1(C)C(=O)O. The lowest BCUT2D eigenvalue weighted by Crippen LogP contribution is -2.67. The van der Waals surface area contributed by atoms with Crippen LogP contribution in [0.1, 0.15) is 27.7 Å². The average molecular weight is 517 g/mol. The molecule has 1 saturated heterocycles. The standard InChI is InChI=1S/C25H26Cl2N4O4/c1-24(2,3)35-23(34)31-10-9-30(13-25(31,4)22(32)33)21-18-11-17(15-5-7-16(26)8-6-15)19(27)12-20(18)28-14-29-21/h5-8,11-12,14H,9-10,13H2,1-4H3,(H,32,33)/t25-/m0/s1. The maximum atomic E-state index is 12.8. The van der Waals surface area contributed by atoms with E-state index in [2.05, 4.69) is 9.97 Å². The largest absolute Gasteiger partial charge is 0.479 e. The van der Waals surface area contributed by atoms with Gasteiger partial charge in [-0.2, -0.15) is 0 Å². The van der Waals surface area contributed by atoms with E-state index in [0.717, 1.165) is 16.5 Å². The summed E-state index contributed by atoms with van der Waals surface area (Å²) in [5, 5.41) is 12.0. The Morgan fingerprint density at radius 2 is 1.77 bits per heavy atom. The highest BCUT2D eigenvalue weighted by molar-refractivity contribution is 6.34. The topological polar surface area (TPSA) is 95.9 Å². The average Bonchev–Trinajstić information content (AvgIpc) is 2.77. The number of carbonyl (C=O) groups excluding carboxylic acids is 1. The van der Waals surface area contributed by atoms with Crippen LogP contribution in [0.4, 0.5) is 10.6 Å². The Hall–Kier alpha value is -3.10. The molecule has 0 aliphatic carbocycles. The number of piperazine rings is 1. The molecule has 0 bridgehead atoms. The van der Waals surface area contributed by atoms with Gasteiger partial charge in [-0.1, -0.05) is 35.3 Å². The van der Waals surface area contributed by atoms with Gasteiger partial charge in [0.15, 0.2) is 5.54 Å². The van der Waals surface area contributed by atoms with Crippen LogP contribution in [-0.4, -0.2) is 62.8 Å². The van der Waals surface area contributed by atoms with E-state index in [1.54, 1.807) is 39.0 Å². The molecule has 1 aliphatic rings. The molecule has 0 unspecified atom stereocenters. The van der Waals surface area contributed by atoms with Gasteiger partial charge in [0, 0.05) is 29.1 Å². The summed E-state index contributed by atoms with van der Waals surface area (Å²) in [6.45, 7) is 7.30. The van der Waals surface area contributed by atoms with Crippen molar-refractivity contribution in [1.29, 1.82) is 0 Å². The highest BCUT2D eigenvalue weighted by Crippen LogP contribution is 2.36. The van der Waals surface area contributed by atoms with Crippen molar-refractivity contribution < 1.29 is 19.4 Å². The fourth-order valence-electron chi connectivity index (χ4n) is 4.14. The molecular weight excluding hydrogens is 491 g/mol. The van der Waals surface area contributed by atoms with E-state index in [-0.39, 0.29) is 13.1 Å². The maximum Gasteiger partial charge on any atom is 0.411 e. The first kappa shape index (κ1) is 25.0. The van der Waals surface area contributed by atoms with Crippen LogP contribution in [-0.2, 0) is 9.53 Å². The number of anilines is 1. The van der Waals surface area contributed by atoms with E-state index in [9.17, 15) is 14.7 Å². The fourth-order valence-corrected chi connectivity index (χ4v) is 4.54. The van der Waals surface area contributed by atoms with Crippen LogP contribution in [0.25, 0.3) is 22.0 Å². The number of hydrogen-bond acceptors (Lipinski definition) is 6. The fraction of sp³-hybridized carbons (Fsp3) is 0.360. The molecule has 2 aromatic carbocycles.